The van der Waals surface area contributed by atoms with Gasteiger partial charge in [-0.25, -0.2) is 13.4 Å². The van der Waals surface area contributed by atoms with Crippen molar-refractivity contribution >= 4 is 72.5 Å². The van der Waals surface area contributed by atoms with Crippen LogP contribution in [-0.2, 0) is 16.4 Å². The lowest BCUT2D eigenvalue weighted by Gasteiger charge is -2.30. The number of fused-ring (bicyclic) bond motifs is 2. The molecule has 0 radical (unpaired) electrons. The second-order valence-corrected chi connectivity index (χ2v) is 13.2. The van der Waals surface area contributed by atoms with Gasteiger partial charge in [0.05, 0.1) is 20.8 Å². The molecule has 1 aliphatic heterocycles. The standard InChI is InChI=1S/C28H30N4O3S3.ClH/c1-30(2)17-18-31(28-29-24-15-12-22(36-3)19-26(24)37-28)27(33)21-10-13-23(14-11-21)38(34,35)32-16-6-8-20-7-4-5-9-25(20)32;/h4-5,7,9-15,19H,6,8,16-18H2,1-3H3;1H. The van der Waals surface area contributed by atoms with E-state index < -0.39 is 10.0 Å². The molecule has 0 unspecified atom stereocenters. The molecule has 7 nitrogen and oxygen atoms in total. The molecule has 5 rings (SSSR count). The van der Waals surface area contributed by atoms with E-state index in [0.717, 1.165) is 39.2 Å². The Morgan fingerprint density at radius 3 is 2.51 bits per heavy atom. The predicted octanol–water partition coefficient (Wildman–Crippen LogP) is 5.79. The van der Waals surface area contributed by atoms with Crippen molar-refractivity contribution in [3.8, 4) is 0 Å². The van der Waals surface area contributed by atoms with Gasteiger partial charge < -0.3 is 4.90 Å². The highest BCUT2D eigenvalue weighted by atomic mass is 35.5. The number of nitrogens with zero attached hydrogens (tertiary/aromatic N) is 4. The molecule has 0 spiro atoms. The monoisotopic (exact) mass is 602 g/mol. The van der Waals surface area contributed by atoms with Crippen molar-refractivity contribution < 1.29 is 13.2 Å². The summed E-state index contributed by atoms with van der Waals surface area (Å²) < 4.78 is 29.6. The van der Waals surface area contributed by atoms with E-state index >= 15 is 0 Å². The molecule has 3 aromatic carbocycles. The number of anilines is 2. The van der Waals surface area contributed by atoms with Crippen molar-refractivity contribution in [2.24, 2.45) is 0 Å². The average Bonchev–Trinajstić information content (AvgIpc) is 3.35. The van der Waals surface area contributed by atoms with Crippen LogP contribution in [0.3, 0.4) is 0 Å². The number of para-hydroxylation sites is 1. The van der Waals surface area contributed by atoms with Crippen LogP contribution in [0.4, 0.5) is 10.8 Å². The summed E-state index contributed by atoms with van der Waals surface area (Å²) in [7, 11) is 0.179. The molecule has 1 aromatic heterocycles. The number of hydrogen-bond donors (Lipinski definition) is 0. The maximum Gasteiger partial charge on any atom is 0.264 e. The van der Waals surface area contributed by atoms with Crippen molar-refractivity contribution in [2.45, 2.75) is 22.6 Å². The largest absolute Gasteiger partial charge is 0.308 e. The Balaban J connectivity index is 0.00000353. The molecule has 39 heavy (non-hydrogen) atoms. The molecule has 4 aromatic rings. The van der Waals surface area contributed by atoms with E-state index in [2.05, 4.69) is 6.07 Å². The predicted molar refractivity (Wildman–Crippen MR) is 165 cm³/mol. The Labute approximate surface area is 244 Å². The number of rotatable bonds is 8. The molecule has 0 atom stereocenters. The molecule has 0 N–H and O–H groups in total. The molecule has 0 saturated carbocycles. The highest BCUT2D eigenvalue weighted by molar-refractivity contribution is 7.98. The minimum Gasteiger partial charge on any atom is -0.308 e. The molecule has 0 aliphatic carbocycles. The van der Waals surface area contributed by atoms with Crippen LogP contribution in [0.25, 0.3) is 10.2 Å². The first kappa shape index (κ1) is 29.4. The number of hydrogen-bond acceptors (Lipinski definition) is 7. The first-order valence-electron chi connectivity index (χ1n) is 12.4. The summed E-state index contributed by atoms with van der Waals surface area (Å²) in [6.07, 6.45) is 3.67. The maximum atomic E-state index is 13.7. The van der Waals surface area contributed by atoms with E-state index in [9.17, 15) is 13.2 Å². The topological polar surface area (TPSA) is 73.8 Å². The summed E-state index contributed by atoms with van der Waals surface area (Å²) >= 11 is 3.16. The molecular formula is C28H31ClN4O3S3. The minimum absolute atomic E-state index is 0. The molecule has 1 amide bonds. The number of thioether (sulfide) groups is 1. The summed E-state index contributed by atoms with van der Waals surface area (Å²) in [5.74, 6) is -0.205. The van der Waals surface area contributed by atoms with E-state index in [1.54, 1.807) is 28.8 Å². The third kappa shape index (κ3) is 6.10. The SMILES string of the molecule is CSc1ccc2nc(N(CCN(C)C)C(=O)c3ccc(S(=O)(=O)N4CCCc5ccccc54)cc3)sc2c1.Cl. The second kappa shape index (κ2) is 12.3. The first-order valence-corrected chi connectivity index (χ1v) is 15.9. The zero-order valence-electron chi connectivity index (χ0n) is 22.0. The molecule has 206 valence electrons. The lowest BCUT2D eigenvalue weighted by atomic mass is 10.0. The van der Waals surface area contributed by atoms with E-state index in [-0.39, 0.29) is 23.2 Å². The van der Waals surface area contributed by atoms with Crippen LogP contribution in [0.1, 0.15) is 22.3 Å². The maximum absolute atomic E-state index is 13.7. The quantitative estimate of drug-likeness (QED) is 0.238. The Bertz CT molecular complexity index is 1570. The number of sulfonamides is 1. The molecule has 0 bridgehead atoms. The van der Waals surface area contributed by atoms with Crippen LogP contribution >= 0.6 is 35.5 Å². The molecular weight excluding hydrogens is 572 g/mol. The Morgan fingerprint density at radius 1 is 1.05 bits per heavy atom. The summed E-state index contributed by atoms with van der Waals surface area (Å²) in [4.78, 5) is 23.5. The van der Waals surface area contributed by atoms with Gasteiger partial charge >= 0.3 is 0 Å². The molecule has 0 fully saturated rings. The lowest BCUT2D eigenvalue weighted by molar-refractivity contribution is 0.0985. The minimum atomic E-state index is -3.75. The summed E-state index contributed by atoms with van der Waals surface area (Å²) in [6, 6.07) is 20.0. The van der Waals surface area contributed by atoms with Gasteiger partial charge in [-0.05, 0) is 87.3 Å². The molecule has 0 saturated heterocycles. The Hall–Kier alpha value is -2.63. The fourth-order valence-electron chi connectivity index (χ4n) is 4.52. The fourth-order valence-corrected chi connectivity index (χ4v) is 7.61. The number of carbonyl (C=O) groups excluding carboxylic acids is 1. The van der Waals surface area contributed by atoms with Gasteiger partial charge in [0.15, 0.2) is 5.13 Å². The normalized spacial score (nSPS) is 13.3. The van der Waals surface area contributed by atoms with Crippen molar-refractivity contribution in [3.05, 3.63) is 77.9 Å². The van der Waals surface area contributed by atoms with Crippen LogP contribution in [-0.4, -0.2) is 64.2 Å². The third-order valence-electron chi connectivity index (χ3n) is 6.59. The number of benzene rings is 3. The third-order valence-corrected chi connectivity index (χ3v) is 10.2. The van der Waals surface area contributed by atoms with Gasteiger partial charge in [0.2, 0.25) is 0 Å². The zero-order chi connectivity index (χ0) is 26.9. The van der Waals surface area contributed by atoms with E-state index in [4.69, 9.17) is 4.98 Å². The number of carbonyl (C=O) groups is 1. The number of likely N-dealkylation sites (N-methyl/N-ethyl adjacent to an activating group) is 1. The van der Waals surface area contributed by atoms with Gasteiger partial charge in [-0.3, -0.25) is 14.0 Å². The van der Waals surface area contributed by atoms with Gasteiger partial charge in [0.1, 0.15) is 0 Å². The van der Waals surface area contributed by atoms with Crippen molar-refractivity contribution in [1.82, 2.24) is 9.88 Å². The highest BCUT2D eigenvalue weighted by Crippen LogP contribution is 2.34. The first-order chi connectivity index (χ1) is 18.3. The lowest BCUT2D eigenvalue weighted by Crippen LogP contribution is -2.37. The number of aryl methyl sites for hydroxylation is 1. The number of halogens is 1. The number of aromatic nitrogens is 1. The van der Waals surface area contributed by atoms with Crippen LogP contribution in [0.15, 0.2) is 76.5 Å². The van der Waals surface area contributed by atoms with Crippen molar-refractivity contribution in [3.63, 3.8) is 0 Å². The van der Waals surface area contributed by atoms with Gasteiger partial charge in [-0.15, -0.1) is 24.2 Å². The van der Waals surface area contributed by atoms with Crippen LogP contribution in [0.5, 0.6) is 0 Å². The van der Waals surface area contributed by atoms with Crippen LogP contribution in [0, 0.1) is 0 Å². The molecule has 2 heterocycles. The summed E-state index contributed by atoms with van der Waals surface area (Å²) in [5, 5.41) is 0.631. The van der Waals surface area contributed by atoms with Gasteiger partial charge in [-0.1, -0.05) is 29.5 Å². The van der Waals surface area contributed by atoms with E-state index in [1.807, 2.05) is 61.6 Å². The zero-order valence-corrected chi connectivity index (χ0v) is 25.3. The Morgan fingerprint density at radius 2 is 1.79 bits per heavy atom. The van der Waals surface area contributed by atoms with Gasteiger partial charge in [0, 0.05) is 30.1 Å². The number of amides is 1. The van der Waals surface area contributed by atoms with E-state index in [0.29, 0.717) is 30.3 Å². The summed E-state index contributed by atoms with van der Waals surface area (Å²) in [5.41, 5.74) is 3.04. The highest BCUT2D eigenvalue weighted by Gasteiger charge is 2.29. The summed E-state index contributed by atoms with van der Waals surface area (Å²) in [6.45, 7) is 1.57. The van der Waals surface area contributed by atoms with Crippen LogP contribution in [0.2, 0.25) is 0 Å². The van der Waals surface area contributed by atoms with Crippen molar-refractivity contribution in [2.75, 3.05) is 49.2 Å². The van der Waals surface area contributed by atoms with Crippen LogP contribution < -0.4 is 9.21 Å². The van der Waals surface area contributed by atoms with Gasteiger partial charge in [-0.2, -0.15) is 0 Å². The second-order valence-electron chi connectivity index (χ2n) is 9.42. The van der Waals surface area contributed by atoms with E-state index in [1.165, 1.54) is 27.8 Å². The molecule has 1 aliphatic rings. The number of thiazole rings is 1. The van der Waals surface area contributed by atoms with Gasteiger partial charge in [0.25, 0.3) is 15.9 Å². The molecule has 11 heteroatoms. The smallest absolute Gasteiger partial charge is 0.264 e. The average molecular weight is 603 g/mol. The van der Waals surface area contributed by atoms with Crippen molar-refractivity contribution in [1.29, 1.82) is 0 Å². The Kier molecular flexibility index (Phi) is 9.23. The fraction of sp³-hybridized carbons (Fsp3) is 0.286.